The Morgan fingerprint density at radius 2 is 1.90 bits per heavy atom. The summed E-state index contributed by atoms with van der Waals surface area (Å²) in [5, 5.41) is 4.03. The fourth-order valence-corrected chi connectivity index (χ4v) is 4.11. The first-order valence-electron chi connectivity index (χ1n) is 9.46. The topological polar surface area (TPSA) is 84.7 Å². The smallest absolute Gasteiger partial charge is 0.416 e. The summed E-state index contributed by atoms with van der Waals surface area (Å²) in [5.74, 6) is 0. The number of alkyl halides is 3. The summed E-state index contributed by atoms with van der Waals surface area (Å²) in [5.41, 5.74) is 0.380. The molecule has 31 heavy (non-hydrogen) atoms. The molecule has 0 N–H and O–H groups in total. The molecule has 170 valence electrons. The summed E-state index contributed by atoms with van der Waals surface area (Å²) in [7, 11) is -0.909. The SMILES string of the molecule is Cc1cc(COC(=O)N2CCCn3nc(S(=O)(=O)N(C)C)cc3C2)cc(C(F)(F)F)c1. The molecule has 1 aromatic carbocycles. The van der Waals surface area contributed by atoms with E-state index in [4.69, 9.17) is 4.74 Å². The van der Waals surface area contributed by atoms with Gasteiger partial charge in [-0.15, -0.1) is 0 Å². The highest BCUT2D eigenvalue weighted by Crippen LogP contribution is 2.31. The maximum atomic E-state index is 13.0. The van der Waals surface area contributed by atoms with Crippen LogP contribution in [0.3, 0.4) is 0 Å². The van der Waals surface area contributed by atoms with Gasteiger partial charge in [-0.25, -0.2) is 17.5 Å². The number of nitrogens with zero attached hydrogens (tertiary/aromatic N) is 4. The van der Waals surface area contributed by atoms with Crippen molar-refractivity contribution in [1.82, 2.24) is 19.0 Å². The average molecular weight is 460 g/mol. The molecule has 1 aromatic heterocycles. The average Bonchev–Trinajstić information content (AvgIpc) is 2.97. The Kier molecular flexibility index (Phi) is 6.33. The third kappa shape index (κ3) is 5.18. The van der Waals surface area contributed by atoms with E-state index in [0.29, 0.717) is 30.8 Å². The molecule has 0 saturated heterocycles. The minimum Gasteiger partial charge on any atom is -0.445 e. The van der Waals surface area contributed by atoms with E-state index in [-0.39, 0.29) is 23.7 Å². The molecule has 8 nitrogen and oxygen atoms in total. The summed E-state index contributed by atoms with van der Waals surface area (Å²) in [6, 6.07) is 4.92. The molecule has 0 fully saturated rings. The molecule has 1 aliphatic rings. The van der Waals surface area contributed by atoms with E-state index in [0.717, 1.165) is 16.4 Å². The number of aromatic nitrogens is 2. The van der Waals surface area contributed by atoms with E-state index in [1.165, 1.54) is 38.1 Å². The van der Waals surface area contributed by atoms with Gasteiger partial charge in [-0.2, -0.15) is 18.3 Å². The normalized spacial score (nSPS) is 15.0. The molecule has 1 aliphatic heterocycles. The number of halogens is 3. The molecule has 3 rings (SSSR count). The van der Waals surface area contributed by atoms with E-state index < -0.39 is 27.9 Å². The Hall–Kier alpha value is -2.60. The van der Waals surface area contributed by atoms with Crippen LogP contribution in [0.2, 0.25) is 0 Å². The van der Waals surface area contributed by atoms with Gasteiger partial charge in [0.15, 0.2) is 5.03 Å². The zero-order chi connectivity index (χ0) is 23.0. The van der Waals surface area contributed by atoms with Crippen molar-refractivity contribution in [3.05, 3.63) is 46.6 Å². The molecule has 0 spiro atoms. The van der Waals surface area contributed by atoms with E-state index in [2.05, 4.69) is 5.10 Å². The van der Waals surface area contributed by atoms with Crippen LogP contribution in [0.25, 0.3) is 0 Å². The van der Waals surface area contributed by atoms with Crippen LogP contribution in [0.15, 0.2) is 29.3 Å². The first-order chi connectivity index (χ1) is 14.4. The van der Waals surface area contributed by atoms with Gasteiger partial charge >= 0.3 is 12.3 Å². The van der Waals surface area contributed by atoms with Crippen molar-refractivity contribution >= 4 is 16.1 Å². The molecule has 0 atom stereocenters. The van der Waals surface area contributed by atoms with E-state index in [1.807, 2.05) is 0 Å². The van der Waals surface area contributed by atoms with Gasteiger partial charge in [0.25, 0.3) is 10.0 Å². The molecular formula is C19H23F3N4O4S. The van der Waals surface area contributed by atoms with Crippen LogP contribution in [0.4, 0.5) is 18.0 Å². The lowest BCUT2D eigenvalue weighted by Gasteiger charge is -2.20. The number of hydrogen-bond donors (Lipinski definition) is 0. The van der Waals surface area contributed by atoms with Crippen molar-refractivity contribution in [3.8, 4) is 0 Å². The Bertz CT molecular complexity index is 1080. The van der Waals surface area contributed by atoms with Gasteiger partial charge in [-0.3, -0.25) is 4.68 Å². The van der Waals surface area contributed by atoms with Crippen molar-refractivity contribution in [2.24, 2.45) is 0 Å². The summed E-state index contributed by atoms with van der Waals surface area (Å²) in [4.78, 5) is 13.9. The van der Waals surface area contributed by atoms with Gasteiger partial charge in [0.1, 0.15) is 6.61 Å². The number of sulfonamides is 1. The quantitative estimate of drug-likeness (QED) is 0.700. The number of fused-ring (bicyclic) bond motifs is 1. The fraction of sp³-hybridized carbons (Fsp3) is 0.474. The second-order valence-electron chi connectivity index (χ2n) is 7.52. The lowest BCUT2D eigenvalue weighted by molar-refractivity contribution is -0.137. The molecule has 12 heteroatoms. The van der Waals surface area contributed by atoms with Crippen LogP contribution in [0, 0.1) is 6.92 Å². The monoisotopic (exact) mass is 460 g/mol. The highest BCUT2D eigenvalue weighted by Gasteiger charge is 2.31. The van der Waals surface area contributed by atoms with Crippen LogP contribution in [-0.4, -0.2) is 54.1 Å². The highest BCUT2D eigenvalue weighted by molar-refractivity contribution is 7.89. The molecule has 0 unspecified atom stereocenters. The van der Waals surface area contributed by atoms with E-state index in [9.17, 15) is 26.4 Å². The molecule has 0 bridgehead atoms. The van der Waals surface area contributed by atoms with Gasteiger partial charge in [-0.1, -0.05) is 11.6 Å². The molecule has 2 aromatic rings. The molecule has 0 radical (unpaired) electrons. The largest absolute Gasteiger partial charge is 0.445 e. The number of ether oxygens (including phenoxy) is 1. The zero-order valence-corrected chi connectivity index (χ0v) is 18.1. The molecule has 0 aliphatic carbocycles. The second-order valence-corrected chi connectivity index (χ2v) is 9.62. The Morgan fingerprint density at radius 1 is 1.19 bits per heavy atom. The summed E-state index contributed by atoms with van der Waals surface area (Å²) >= 11 is 0. The van der Waals surface area contributed by atoms with Crippen LogP contribution in [0.5, 0.6) is 0 Å². The van der Waals surface area contributed by atoms with Crippen LogP contribution in [0.1, 0.15) is 28.8 Å². The van der Waals surface area contributed by atoms with Crippen LogP contribution >= 0.6 is 0 Å². The lowest BCUT2D eigenvalue weighted by Crippen LogP contribution is -2.31. The summed E-state index contributed by atoms with van der Waals surface area (Å²) in [6.07, 6.45) is -4.66. The van der Waals surface area contributed by atoms with Crippen molar-refractivity contribution in [1.29, 1.82) is 0 Å². The summed E-state index contributed by atoms with van der Waals surface area (Å²) in [6.45, 7) is 2.08. The number of carbonyl (C=O) groups excluding carboxylic acids is 1. The standard InChI is InChI=1S/C19H23F3N4O4S/c1-13-7-14(9-15(8-13)19(20,21)22)12-30-18(27)25-5-4-6-26-16(11-25)10-17(23-26)31(28,29)24(2)3/h7-10H,4-6,11-12H2,1-3H3. The first kappa shape index (κ1) is 23.1. The lowest BCUT2D eigenvalue weighted by atomic mass is 10.1. The van der Waals surface area contributed by atoms with Crippen LogP contribution in [-0.2, 0) is 40.6 Å². The third-order valence-electron chi connectivity index (χ3n) is 4.82. The van der Waals surface area contributed by atoms with Gasteiger partial charge < -0.3 is 9.64 Å². The van der Waals surface area contributed by atoms with Crippen molar-refractivity contribution in [3.63, 3.8) is 0 Å². The number of benzene rings is 1. The van der Waals surface area contributed by atoms with Crippen molar-refractivity contribution in [2.75, 3.05) is 20.6 Å². The second kappa shape index (κ2) is 8.50. The number of hydrogen-bond acceptors (Lipinski definition) is 5. The maximum absolute atomic E-state index is 13.0. The van der Waals surface area contributed by atoms with E-state index >= 15 is 0 Å². The maximum Gasteiger partial charge on any atom is 0.416 e. The summed E-state index contributed by atoms with van der Waals surface area (Å²) < 4.78 is 71.4. The number of rotatable bonds is 4. The van der Waals surface area contributed by atoms with Crippen LogP contribution < -0.4 is 0 Å². The predicted molar refractivity (Wildman–Crippen MR) is 104 cm³/mol. The zero-order valence-electron chi connectivity index (χ0n) is 17.3. The van der Waals surface area contributed by atoms with E-state index in [1.54, 1.807) is 4.68 Å². The van der Waals surface area contributed by atoms with Gasteiger partial charge in [0, 0.05) is 33.3 Å². The number of amides is 1. The first-order valence-corrected chi connectivity index (χ1v) is 10.9. The van der Waals surface area contributed by atoms with Gasteiger partial charge in [0.05, 0.1) is 17.8 Å². The third-order valence-corrected chi connectivity index (χ3v) is 6.51. The minimum atomic E-state index is -4.49. The Morgan fingerprint density at radius 3 is 2.55 bits per heavy atom. The Labute approximate surface area is 178 Å². The Balaban J connectivity index is 1.71. The molecule has 0 saturated carbocycles. The number of carbonyl (C=O) groups is 1. The number of aryl methyl sites for hydroxylation is 2. The molecule has 2 heterocycles. The van der Waals surface area contributed by atoms with Crippen molar-refractivity contribution < 1.29 is 31.1 Å². The predicted octanol–water partition coefficient (Wildman–Crippen LogP) is 3.00. The van der Waals surface area contributed by atoms with Crippen molar-refractivity contribution in [2.45, 2.75) is 44.2 Å². The van der Waals surface area contributed by atoms with Gasteiger partial charge in [0.2, 0.25) is 0 Å². The molecule has 1 amide bonds. The molecular weight excluding hydrogens is 437 g/mol. The fourth-order valence-electron chi connectivity index (χ4n) is 3.25. The minimum absolute atomic E-state index is 0.0798. The highest BCUT2D eigenvalue weighted by atomic mass is 32.2. The van der Waals surface area contributed by atoms with Gasteiger partial charge in [-0.05, 0) is 31.0 Å².